The molecule has 2 rings (SSSR count). The smallest absolute Gasteiger partial charge is 0.128 e. The van der Waals surface area contributed by atoms with E-state index in [2.05, 4.69) is 53.8 Å². The molecule has 1 aromatic heterocycles. The molecule has 4 nitrogen and oxygen atoms in total. The normalized spacial score (nSPS) is 17.6. The highest BCUT2D eigenvalue weighted by Crippen LogP contribution is 2.24. The average molecular weight is 286 g/mol. The maximum Gasteiger partial charge on any atom is 0.128 e. The summed E-state index contributed by atoms with van der Waals surface area (Å²) < 4.78 is 0. The molecule has 0 N–H and O–H groups in total. The molecule has 0 atom stereocenters. The Hall–Kier alpha value is -1.60. The van der Waals surface area contributed by atoms with Crippen LogP contribution >= 0.6 is 0 Å². The van der Waals surface area contributed by atoms with E-state index in [-0.39, 0.29) is 11.0 Å². The van der Waals surface area contributed by atoms with Gasteiger partial charge in [-0.3, -0.25) is 4.90 Å². The lowest BCUT2D eigenvalue weighted by atomic mass is 9.88. The second-order valence-electron chi connectivity index (χ2n) is 7.30. The highest BCUT2D eigenvalue weighted by Gasteiger charge is 2.30. The van der Waals surface area contributed by atoms with Gasteiger partial charge in [0.2, 0.25) is 0 Å². The van der Waals surface area contributed by atoms with Gasteiger partial charge in [-0.2, -0.15) is 5.26 Å². The van der Waals surface area contributed by atoms with E-state index in [0.29, 0.717) is 0 Å². The van der Waals surface area contributed by atoms with E-state index >= 15 is 0 Å². The van der Waals surface area contributed by atoms with Gasteiger partial charge in [0, 0.05) is 32.4 Å². The lowest BCUT2D eigenvalue weighted by Gasteiger charge is -2.41. The fourth-order valence-corrected chi connectivity index (χ4v) is 2.58. The largest absolute Gasteiger partial charge is 0.354 e. The number of nitriles is 1. The van der Waals surface area contributed by atoms with E-state index in [0.717, 1.165) is 32.0 Å². The Balaban J connectivity index is 2.02. The zero-order chi connectivity index (χ0) is 15.7. The first-order chi connectivity index (χ1) is 9.74. The molecule has 1 aromatic rings. The molecule has 0 unspecified atom stereocenters. The topological polar surface area (TPSA) is 43.2 Å². The third-order valence-electron chi connectivity index (χ3n) is 4.28. The van der Waals surface area contributed by atoms with Crippen molar-refractivity contribution in [2.75, 3.05) is 31.1 Å². The van der Waals surface area contributed by atoms with Gasteiger partial charge < -0.3 is 4.90 Å². The van der Waals surface area contributed by atoms with Gasteiger partial charge in [-0.1, -0.05) is 26.8 Å². The average Bonchev–Trinajstić information content (AvgIpc) is 2.47. The summed E-state index contributed by atoms with van der Waals surface area (Å²) in [5, 5.41) is 9.22. The predicted molar refractivity (Wildman–Crippen MR) is 86.4 cm³/mol. The van der Waals surface area contributed by atoms with E-state index in [1.807, 2.05) is 20.0 Å². The molecule has 0 radical (unpaired) electrons. The summed E-state index contributed by atoms with van der Waals surface area (Å²) in [5.74, 6) is 1.04. The number of aromatic nitrogens is 1. The third-order valence-corrected chi connectivity index (χ3v) is 4.28. The minimum Gasteiger partial charge on any atom is -0.354 e. The Morgan fingerprint density at radius 1 is 1.05 bits per heavy atom. The summed E-state index contributed by atoms with van der Waals surface area (Å²) in [6.07, 6.45) is 1.99. The van der Waals surface area contributed by atoms with Crippen LogP contribution < -0.4 is 4.90 Å². The highest BCUT2D eigenvalue weighted by molar-refractivity contribution is 5.41. The molecule has 0 saturated carbocycles. The Kier molecular flexibility index (Phi) is 4.25. The molecule has 0 bridgehead atoms. The van der Waals surface area contributed by atoms with Crippen molar-refractivity contribution in [3.63, 3.8) is 0 Å². The number of piperazine rings is 1. The van der Waals surface area contributed by atoms with Crippen molar-refractivity contribution in [3.8, 4) is 6.07 Å². The van der Waals surface area contributed by atoms with Gasteiger partial charge in [-0.15, -0.1) is 0 Å². The molecule has 0 spiro atoms. The van der Waals surface area contributed by atoms with Crippen molar-refractivity contribution in [2.45, 2.75) is 45.6 Å². The van der Waals surface area contributed by atoms with Gasteiger partial charge in [0.1, 0.15) is 11.4 Å². The molecule has 0 aromatic carbocycles. The second kappa shape index (κ2) is 5.65. The summed E-state index contributed by atoms with van der Waals surface area (Å²) >= 11 is 0. The minimum atomic E-state index is -0.379. The Morgan fingerprint density at radius 3 is 2.10 bits per heavy atom. The van der Waals surface area contributed by atoms with Crippen molar-refractivity contribution in [1.29, 1.82) is 5.26 Å². The summed E-state index contributed by atoms with van der Waals surface area (Å²) in [5.41, 5.74) is 1.02. The zero-order valence-corrected chi connectivity index (χ0v) is 13.8. The van der Waals surface area contributed by atoms with Crippen molar-refractivity contribution in [1.82, 2.24) is 9.88 Å². The summed E-state index contributed by atoms with van der Waals surface area (Å²) in [6, 6.07) is 6.67. The first-order valence-corrected chi connectivity index (χ1v) is 7.62. The molecule has 1 aliphatic heterocycles. The van der Waals surface area contributed by atoms with Gasteiger partial charge in [0.25, 0.3) is 0 Å². The summed E-state index contributed by atoms with van der Waals surface area (Å²) in [4.78, 5) is 9.16. The molecular formula is C17H26N4. The number of rotatable bonds is 2. The maximum absolute atomic E-state index is 9.22. The number of hydrogen-bond acceptors (Lipinski definition) is 4. The number of anilines is 1. The molecular weight excluding hydrogens is 260 g/mol. The molecule has 4 heteroatoms. The van der Waals surface area contributed by atoms with Crippen LogP contribution in [0, 0.1) is 11.3 Å². The van der Waals surface area contributed by atoms with Crippen LogP contribution in [0.5, 0.6) is 0 Å². The SMILES string of the molecule is CC(C)(C)c1ccc(N2CCN(C(C)(C)C#N)CC2)nc1. The van der Waals surface area contributed by atoms with E-state index in [1.54, 1.807) is 0 Å². The Bertz CT molecular complexity index is 511. The second-order valence-corrected chi connectivity index (χ2v) is 7.30. The molecule has 1 aliphatic rings. The lowest BCUT2D eigenvalue weighted by Crippen LogP contribution is -2.54. The predicted octanol–water partition coefficient (Wildman–Crippen LogP) is 2.80. The van der Waals surface area contributed by atoms with Crippen LogP contribution in [0.15, 0.2) is 18.3 Å². The molecule has 21 heavy (non-hydrogen) atoms. The van der Waals surface area contributed by atoms with Crippen LogP contribution in [0.1, 0.15) is 40.2 Å². The molecule has 114 valence electrons. The number of nitrogens with zero attached hydrogens (tertiary/aromatic N) is 4. The fourth-order valence-electron chi connectivity index (χ4n) is 2.58. The Labute approximate surface area is 128 Å². The standard InChI is InChI=1S/C17H26N4/c1-16(2,3)14-6-7-15(19-12-14)20-8-10-21(11-9-20)17(4,5)13-18/h6-7,12H,8-11H2,1-5H3. The molecule has 2 heterocycles. The number of pyridine rings is 1. The minimum absolute atomic E-state index is 0.140. The van der Waals surface area contributed by atoms with Gasteiger partial charge in [0.05, 0.1) is 6.07 Å². The zero-order valence-electron chi connectivity index (χ0n) is 13.8. The quantitative estimate of drug-likeness (QED) is 0.838. The first kappa shape index (κ1) is 15.8. The van der Waals surface area contributed by atoms with Crippen molar-refractivity contribution < 1.29 is 0 Å². The van der Waals surface area contributed by atoms with Crippen LogP contribution in [-0.4, -0.2) is 41.6 Å². The third kappa shape index (κ3) is 3.54. The van der Waals surface area contributed by atoms with Crippen molar-refractivity contribution in [3.05, 3.63) is 23.9 Å². The van der Waals surface area contributed by atoms with E-state index in [9.17, 15) is 5.26 Å². The molecule has 0 aliphatic carbocycles. The lowest BCUT2D eigenvalue weighted by molar-refractivity contribution is 0.158. The molecule has 1 saturated heterocycles. The van der Waals surface area contributed by atoms with Gasteiger partial charge in [-0.25, -0.2) is 4.98 Å². The van der Waals surface area contributed by atoms with Crippen LogP contribution in [0.3, 0.4) is 0 Å². The monoisotopic (exact) mass is 286 g/mol. The van der Waals surface area contributed by atoms with Crippen LogP contribution in [0.25, 0.3) is 0 Å². The van der Waals surface area contributed by atoms with Gasteiger partial charge in [-0.05, 0) is 30.9 Å². The highest BCUT2D eigenvalue weighted by atomic mass is 15.3. The number of hydrogen-bond donors (Lipinski definition) is 0. The summed E-state index contributed by atoms with van der Waals surface area (Å²) in [6.45, 7) is 14.2. The van der Waals surface area contributed by atoms with Crippen LogP contribution in [-0.2, 0) is 5.41 Å². The fraction of sp³-hybridized carbons (Fsp3) is 0.647. The van der Waals surface area contributed by atoms with E-state index in [1.165, 1.54) is 5.56 Å². The maximum atomic E-state index is 9.22. The van der Waals surface area contributed by atoms with Gasteiger partial charge in [0.15, 0.2) is 0 Å². The summed E-state index contributed by atoms with van der Waals surface area (Å²) in [7, 11) is 0. The van der Waals surface area contributed by atoms with E-state index in [4.69, 9.17) is 0 Å². The van der Waals surface area contributed by atoms with Crippen LogP contribution in [0.4, 0.5) is 5.82 Å². The van der Waals surface area contributed by atoms with Crippen molar-refractivity contribution in [2.24, 2.45) is 0 Å². The molecule has 0 amide bonds. The van der Waals surface area contributed by atoms with E-state index < -0.39 is 0 Å². The molecule has 1 fully saturated rings. The first-order valence-electron chi connectivity index (χ1n) is 7.62. The van der Waals surface area contributed by atoms with Crippen LogP contribution in [0.2, 0.25) is 0 Å². The van der Waals surface area contributed by atoms with Gasteiger partial charge >= 0.3 is 0 Å². The Morgan fingerprint density at radius 2 is 1.67 bits per heavy atom. The van der Waals surface area contributed by atoms with Crippen molar-refractivity contribution >= 4 is 5.82 Å².